The second-order valence-corrected chi connectivity index (χ2v) is 6.75. The van der Waals surface area contributed by atoms with Crippen LogP contribution in [0.3, 0.4) is 0 Å². The summed E-state index contributed by atoms with van der Waals surface area (Å²) in [5.41, 5.74) is 4.12. The van der Waals surface area contributed by atoms with E-state index in [1.54, 1.807) is 6.26 Å². The van der Waals surface area contributed by atoms with E-state index in [0.717, 1.165) is 37.9 Å². The molecular weight excluding hydrogens is 366 g/mol. The Balaban J connectivity index is 0.000000200. The van der Waals surface area contributed by atoms with Gasteiger partial charge in [-0.1, -0.05) is 94.4 Å². The molecule has 0 saturated carbocycles. The Morgan fingerprint density at radius 1 is 0.667 bits per heavy atom. The predicted molar refractivity (Wildman–Crippen MR) is 131 cm³/mol. The van der Waals surface area contributed by atoms with Gasteiger partial charge < -0.3 is 4.42 Å². The molecule has 2 aromatic carbocycles. The van der Waals surface area contributed by atoms with E-state index in [9.17, 15) is 0 Å². The maximum absolute atomic E-state index is 4.98. The van der Waals surface area contributed by atoms with Crippen molar-refractivity contribution in [3.05, 3.63) is 108 Å². The number of aryl methyl sites for hydroxylation is 3. The topological polar surface area (TPSA) is 25.5 Å². The van der Waals surface area contributed by atoms with Gasteiger partial charge in [0.1, 0.15) is 5.76 Å². The summed E-state index contributed by atoms with van der Waals surface area (Å²) < 4.78 is 4.98. The molecule has 0 bridgehead atoms. The molecule has 1 aromatic heterocycles. The second-order valence-electron chi connectivity index (χ2n) is 6.75. The lowest BCUT2D eigenvalue weighted by atomic mass is 10.2. The fourth-order valence-corrected chi connectivity index (χ4v) is 2.58. The minimum atomic E-state index is 0.993. The van der Waals surface area contributed by atoms with Gasteiger partial charge in [0.15, 0.2) is 0 Å². The lowest BCUT2D eigenvalue weighted by Crippen LogP contribution is -1.86. The van der Waals surface area contributed by atoms with Gasteiger partial charge in [0.2, 0.25) is 0 Å². The highest BCUT2D eigenvalue weighted by molar-refractivity contribution is 5.87. The summed E-state index contributed by atoms with van der Waals surface area (Å²) in [4.78, 5) is 4.09. The standard InChI is InChI=1S/2C8H10.C6H9N.C6H8O/c2*1-2-8-6-4-3-5-7-8;2*1-2-6-4-3-5-7-6/h2*3-7H,2H2,1H3;3,5H,2,4H2,1H3;3-5H,2H2,1H3. The molecule has 1 aliphatic heterocycles. The van der Waals surface area contributed by atoms with Crippen molar-refractivity contribution >= 4 is 5.71 Å². The second kappa shape index (κ2) is 17.0. The minimum Gasteiger partial charge on any atom is -0.469 e. The van der Waals surface area contributed by atoms with Crippen molar-refractivity contribution in [3.63, 3.8) is 0 Å². The van der Waals surface area contributed by atoms with Gasteiger partial charge in [-0.15, -0.1) is 0 Å². The molecular formula is C28H37NO. The third-order valence-corrected chi connectivity index (χ3v) is 4.55. The van der Waals surface area contributed by atoms with Crippen LogP contribution in [0.4, 0.5) is 0 Å². The number of hydrogen-bond donors (Lipinski definition) is 0. The molecule has 2 nitrogen and oxygen atoms in total. The first-order valence-electron chi connectivity index (χ1n) is 11.0. The maximum atomic E-state index is 4.98. The van der Waals surface area contributed by atoms with Gasteiger partial charge in [0.25, 0.3) is 0 Å². The molecule has 2 heteroatoms. The largest absolute Gasteiger partial charge is 0.469 e. The van der Waals surface area contributed by atoms with Crippen LogP contribution in [-0.2, 0) is 19.3 Å². The molecule has 160 valence electrons. The van der Waals surface area contributed by atoms with Crippen LogP contribution < -0.4 is 0 Å². The van der Waals surface area contributed by atoms with Crippen LogP contribution in [0.5, 0.6) is 0 Å². The molecule has 0 saturated heterocycles. The van der Waals surface area contributed by atoms with E-state index in [0.29, 0.717) is 0 Å². The van der Waals surface area contributed by atoms with Crippen molar-refractivity contribution in [1.82, 2.24) is 0 Å². The van der Waals surface area contributed by atoms with E-state index in [2.05, 4.69) is 87.3 Å². The molecule has 0 aliphatic carbocycles. The minimum absolute atomic E-state index is 0.993. The summed E-state index contributed by atoms with van der Waals surface area (Å²) in [5.74, 6) is 1.06. The van der Waals surface area contributed by atoms with Crippen molar-refractivity contribution in [1.29, 1.82) is 0 Å². The molecule has 0 radical (unpaired) electrons. The molecule has 0 fully saturated rings. The third kappa shape index (κ3) is 11.9. The zero-order valence-electron chi connectivity index (χ0n) is 19.1. The number of benzene rings is 2. The Morgan fingerprint density at radius 3 is 1.47 bits per heavy atom. The van der Waals surface area contributed by atoms with Crippen molar-refractivity contribution in [3.8, 4) is 0 Å². The summed E-state index contributed by atoms with van der Waals surface area (Å²) in [6.07, 6.45) is 11.1. The Hall–Kier alpha value is -2.87. The fourth-order valence-electron chi connectivity index (χ4n) is 2.58. The van der Waals surface area contributed by atoms with Crippen LogP contribution >= 0.6 is 0 Å². The smallest absolute Gasteiger partial charge is 0.103 e. The maximum Gasteiger partial charge on any atom is 0.103 e. The van der Waals surface area contributed by atoms with Gasteiger partial charge in [-0.2, -0.15) is 0 Å². The van der Waals surface area contributed by atoms with Crippen molar-refractivity contribution in [2.45, 2.75) is 59.8 Å². The quantitative estimate of drug-likeness (QED) is 0.432. The molecule has 0 spiro atoms. The normalized spacial score (nSPS) is 11.1. The number of rotatable bonds is 4. The molecule has 30 heavy (non-hydrogen) atoms. The van der Waals surface area contributed by atoms with E-state index in [4.69, 9.17) is 4.42 Å². The molecule has 0 N–H and O–H groups in total. The molecule has 1 aliphatic rings. The number of furan rings is 1. The number of nitrogens with zero attached hydrogens (tertiary/aromatic N) is 1. The van der Waals surface area contributed by atoms with Crippen molar-refractivity contribution in [2.24, 2.45) is 4.99 Å². The SMILES string of the molecule is CCC1=NC=CC1.CCc1ccccc1.CCc1ccccc1.CCc1ccco1. The first-order chi connectivity index (χ1) is 14.7. The lowest BCUT2D eigenvalue weighted by Gasteiger charge is -1.89. The summed E-state index contributed by atoms with van der Waals surface area (Å²) >= 11 is 0. The third-order valence-electron chi connectivity index (χ3n) is 4.55. The van der Waals surface area contributed by atoms with Gasteiger partial charge in [-0.05, 0) is 42.5 Å². The van der Waals surface area contributed by atoms with Gasteiger partial charge in [0, 0.05) is 24.8 Å². The number of aliphatic imine (C=N–C) groups is 1. The first kappa shape index (κ1) is 25.2. The highest BCUT2D eigenvalue weighted by atomic mass is 16.3. The molecule has 0 atom stereocenters. The Labute approximate surface area is 183 Å². The average Bonchev–Trinajstić information content (AvgIpc) is 3.55. The van der Waals surface area contributed by atoms with Crippen molar-refractivity contribution in [2.75, 3.05) is 0 Å². The first-order valence-corrected chi connectivity index (χ1v) is 11.0. The van der Waals surface area contributed by atoms with Crippen LogP contribution in [0.2, 0.25) is 0 Å². The van der Waals surface area contributed by atoms with Crippen molar-refractivity contribution < 1.29 is 4.42 Å². The van der Waals surface area contributed by atoms with E-state index in [-0.39, 0.29) is 0 Å². The highest BCUT2D eigenvalue weighted by Gasteiger charge is 1.94. The number of allylic oxidation sites excluding steroid dienone is 1. The highest BCUT2D eigenvalue weighted by Crippen LogP contribution is 2.01. The molecule has 3 aromatic rings. The van der Waals surface area contributed by atoms with Crippen LogP contribution in [-0.4, -0.2) is 5.71 Å². The van der Waals surface area contributed by atoms with Gasteiger partial charge >= 0.3 is 0 Å². The molecule has 0 amide bonds. The monoisotopic (exact) mass is 403 g/mol. The Kier molecular flexibility index (Phi) is 14.3. The van der Waals surface area contributed by atoms with E-state index in [1.807, 2.05) is 30.5 Å². The lowest BCUT2D eigenvalue weighted by molar-refractivity contribution is 0.516. The van der Waals surface area contributed by atoms with E-state index >= 15 is 0 Å². The molecule has 4 rings (SSSR count). The summed E-state index contributed by atoms with van der Waals surface area (Å²) in [5, 5.41) is 0. The summed E-state index contributed by atoms with van der Waals surface area (Å²) in [7, 11) is 0. The van der Waals surface area contributed by atoms with Gasteiger partial charge in [0.05, 0.1) is 6.26 Å². The van der Waals surface area contributed by atoms with Crippen LogP contribution in [0, 0.1) is 0 Å². The molecule has 0 unspecified atom stereocenters. The zero-order chi connectivity index (χ0) is 21.9. The molecule has 2 heterocycles. The Bertz CT molecular complexity index is 763. The zero-order valence-corrected chi connectivity index (χ0v) is 19.1. The Morgan fingerprint density at radius 2 is 1.23 bits per heavy atom. The van der Waals surface area contributed by atoms with Crippen LogP contribution in [0.15, 0.2) is 101 Å². The van der Waals surface area contributed by atoms with E-state index in [1.165, 1.54) is 16.8 Å². The van der Waals surface area contributed by atoms with E-state index < -0.39 is 0 Å². The van der Waals surface area contributed by atoms with Gasteiger partial charge in [-0.25, -0.2) is 0 Å². The average molecular weight is 404 g/mol. The fraction of sp³-hybridized carbons (Fsp3) is 0.321. The van der Waals surface area contributed by atoms with Gasteiger partial charge in [-0.3, -0.25) is 4.99 Å². The predicted octanol–water partition coefficient (Wildman–Crippen LogP) is 8.09. The van der Waals surface area contributed by atoms with Crippen LogP contribution in [0.25, 0.3) is 0 Å². The number of hydrogen-bond acceptors (Lipinski definition) is 2. The van der Waals surface area contributed by atoms with Crippen LogP contribution in [0.1, 0.15) is 57.4 Å². The summed E-state index contributed by atoms with van der Waals surface area (Å²) in [6, 6.07) is 24.8. The summed E-state index contributed by atoms with van der Waals surface area (Å²) in [6.45, 7) is 8.52.